The van der Waals surface area contributed by atoms with Crippen LogP contribution in [0.15, 0.2) is 42.9 Å². The number of nitro benzene ring substituents is 1. The monoisotopic (exact) mass is 283 g/mol. The Bertz CT molecular complexity index is 812. The second-order valence-electron chi connectivity index (χ2n) is 4.60. The summed E-state index contributed by atoms with van der Waals surface area (Å²) >= 11 is 0. The number of aryl methyl sites for hydroxylation is 1. The number of anilines is 1. The summed E-state index contributed by atoms with van der Waals surface area (Å²) in [5, 5.41) is 15.0. The van der Waals surface area contributed by atoms with Gasteiger partial charge in [-0.2, -0.15) is 0 Å². The summed E-state index contributed by atoms with van der Waals surface area (Å²) in [5.74, 6) is 0.801. The maximum absolute atomic E-state index is 11.4. The van der Waals surface area contributed by atoms with Gasteiger partial charge in [-0.15, -0.1) is 0 Å². The molecule has 1 aromatic carbocycles. The predicted molar refractivity (Wildman–Crippen MR) is 78.9 cm³/mol. The number of benzene rings is 1. The molecular formula is C14H13N5O2. The highest BCUT2D eigenvalue weighted by Crippen LogP contribution is 2.32. The molecule has 0 fully saturated rings. The molecule has 1 N–H and O–H groups in total. The normalized spacial score (nSPS) is 10.7. The highest BCUT2D eigenvalue weighted by atomic mass is 16.6. The summed E-state index contributed by atoms with van der Waals surface area (Å²) in [7, 11) is 1.88. The van der Waals surface area contributed by atoms with Crippen LogP contribution in [-0.4, -0.2) is 19.5 Å². The number of nitro groups is 1. The lowest BCUT2D eigenvalue weighted by atomic mass is 10.1. The van der Waals surface area contributed by atoms with Crippen molar-refractivity contribution in [3.63, 3.8) is 0 Å². The molecule has 7 heteroatoms. The van der Waals surface area contributed by atoms with E-state index in [-0.39, 0.29) is 10.6 Å². The van der Waals surface area contributed by atoms with E-state index in [1.165, 1.54) is 0 Å². The minimum absolute atomic E-state index is 0.0369. The van der Waals surface area contributed by atoms with Gasteiger partial charge in [0.05, 0.1) is 22.4 Å². The molecule has 3 aromatic rings. The Morgan fingerprint density at radius 2 is 2.14 bits per heavy atom. The van der Waals surface area contributed by atoms with Crippen LogP contribution in [-0.2, 0) is 13.6 Å². The van der Waals surface area contributed by atoms with Gasteiger partial charge in [-0.25, -0.2) is 4.98 Å². The van der Waals surface area contributed by atoms with E-state index in [0.29, 0.717) is 23.1 Å². The molecule has 2 aromatic heterocycles. The van der Waals surface area contributed by atoms with Crippen LogP contribution in [0.2, 0.25) is 0 Å². The first kappa shape index (κ1) is 13.0. The smallest absolute Gasteiger partial charge is 0.301 e. The molecule has 0 unspecified atom stereocenters. The number of fused-ring (bicyclic) bond motifs is 1. The summed E-state index contributed by atoms with van der Waals surface area (Å²) in [6.07, 6.45) is 5.14. The fourth-order valence-electron chi connectivity index (χ4n) is 2.22. The highest BCUT2D eigenvalue weighted by Gasteiger charge is 2.18. The summed E-state index contributed by atoms with van der Waals surface area (Å²) in [4.78, 5) is 19.3. The number of rotatable bonds is 4. The van der Waals surface area contributed by atoms with Crippen LogP contribution in [0.5, 0.6) is 0 Å². The quantitative estimate of drug-likeness (QED) is 0.587. The number of nitrogens with one attached hydrogen (secondary N) is 1. The van der Waals surface area contributed by atoms with Crippen LogP contribution in [0.25, 0.3) is 10.9 Å². The molecule has 0 radical (unpaired) electrons. The first-order valence-corrected chi connectivity index (χ1v) is 6.39. The number of hydrogen-bond acceptors (Lipinski definition) is 5. The third-order valence-electron chi connectivity index (χ3n) is 3.30. The molecule has 0 spiro atoms. The molecule has 106 valence electrons. The van der Waals surface area contributed by atoms with E-state index in [2.05, 4.69) is 15.3 Å². The molecule has 0 aliphatic rings. The van der Waals surface area contributed by atoms with Crippen molar-refractivity contribution in [2.75, 3.05) is 5.32 Å². The Morgan fingerprint density at radius 1 is 1.29 bits per heavy atom. The lowest BCUT2D eigenvalue weighted by Gasteiger charge is -2.08. The fraction of sp³-hybridized carbons (Fsp3) is 0.143. The fourth-order valence-corrected chi connectivity index (χ4v) is 2.22. The Hall–Kier alpha value is -2.96. The van der Waals surface area contributed by atoms with E-state index < -0.39 is 0 Å². The van der Waals surface area contributed by atoms with Crippen LogP contribution in [0.4, 0.5) is 11.4 Å². The van der Waals surface area contributed by atoms with Crippen molar-refractivity contribution in [1.29, 1.82) is 0 Å². The number of pyridine rings is 1. The van der Waals surface area contributed by atoms with Crippen molar-refractivity contribution in [3.05, 3.63) is 58.8 Å². The molecule has 0 saturated heterocycles. The van der Waals surface area contributed by atoms with Gasteiger partial charge in [0.15, 0.2) is 0 Å². The molecular weight excluding hydrogens is 270 g/mol. The average molecular weight is 283 g/mol. The van der Waals surface area contributed by atoms with Gasteiger partial charge < -0.3 is 9.88 Å². The third-order valence-corrected chi connectivity index (χ3v) is 3.30. The zero-order valence-corrected chi connectivity index (χ0v) is 11.4. The molecule has 0 aliphatic carbocycles. The van der Waals surface area contributed by atoms with Gasteiger partial charge in [0.25, 0.3) is 0 Å². The van der Waals surface area contributed by atoms with Gasteiger partial charge >= 0.3 is 5.69 Å². The van der Waals surface area contributed by atoms with Gasteiger partial charge in [-0.1, -0.05) is 0 Å². The molecule has 3 rings (SSSR count). The average Bonchev–Trinajstić information content (AvgIpc) is 2.89. The van der Waals surface area contributed by atoms with Crippen LogP contribution in [0.3, 0.4) is 0 Å². The van der Waals surface area contributed by atoms with E-state index in [0.717, 1.165) is 5.82 Å². The van der Waals surface area contributed by atoms with E-state index >= 15 is 0 Å². The van der Waals surface area contributed by atoms with E-state index in [9.17, 15) is 10.1 Å². The second kappa shape index (κ2) is 5.20. The first-order valence-electron chi connectivity index (χ1n) is 6.39. The predicted octanol–water partition coefficient (Wildman–Crippen LogP) is 2.49. The SMILES string of the molecule is Cn1ccnc1CNc1ccc2ncccc2c1[N+](=O)[O-]. The van der Waals surface area contributed by atoms with E-state index in [1.807, 2.05) is 17.8 Å². The topological polar surface area (TPSA) is 85.9 Å². The molecule has 7 nitrogen and oxygen atoms in total. The van der Waals surface area contributed by atoms with Crippen molar-refractivity contribution in [1.82, 2.24) is 14.5 Å². The molecule has 0 atom stereocenters. The molecule has 0 bridgehead atoms. The van der Waals surface area contributed by atoms with Crippen LogP contribution in [0, 0.1) is 10.1 Å². The van der Waals surface area contributed by atoms with Gasteiger partial charge in [-0.05, 0) is 24.3 Å². The van der Waals surface area contributed by atoms with E-state index in [1.54, 1.807) is 36.7 Å². The number of aromatic nitrogens is 3. The van der Waals surface area contributed by atoms with Crippen molar-refractivity contribution < 1.29 is 4.92 Å². The van der Waals surface area contributed by atoms with Gasteiger partial charge in [0, 0.05) is 25.6 Å². The molecule has 0 saturated carbocycles. The number of nitrogens with zero attached hydrogens (tertiary/aromatic N) is 4. The summed E-state index contributed by atoms with van der Waals surface area (Å²) in [5.41, 5.74) is 1.10. The van der Waals surface area contributed by atoms with Crippen molar-refractivity contribution in [2.45, 2.75) is 6.54 Å². The second-order valence-corrected chi connectivity index (χ2v) is 4.60. The highest BCUT2D eigenvalue weighted by molar-refractivity contribution is 5.94. The van der Waals surface area contributed by atoms with Gasteiger partial charge in [-0.3, -0.25) is 15.1 Å². The summed E-state index contributed by atoms with van der Waals surface area (Å²) < 4.78 is 1.86. The van der Waals surface area contributed by atoms with Crippen LogP contribution < -0.4 is 5.32 Å². The first-order chi connectivity index (χ1) is 10.2. The largest absolute Gasteiger partial charge is 0.372 e. The molecule has 0 aliphatic heterocycles. The maximum atomic E-state index is 11.4. The number of hydrogen-bond donors (Lipinski definition) is 1. The Morgan fingerprint density at radius 3 is 2.86 bits per heavy atom. The van der Waals surface area contributed by atoms with Gasteiger partial charge in [0.1, 0.15) is 11.5 Å². The standard InChI is InChI=1S/C14H13N5O2/c1-18-8-7-16-13(18)9-17-12-5-4-11-10(3-2-6-15-11)14(12)19(20)21/h2-8,17H,9H2,1H3. The molecule has 21 heavy (non-hydrogen) atoms. The minimum Gasteiger partial charge on any atom is -0.372 e. The zero-order chi connectivity index (χ0) is 14.8. The Kier molecular flexibility index (Phi) is 3.23. The third kappa shape index (κ3) is 2.40. The minimum atomic E-state index is -0.384. The van der Waals surface area contributed by atoms with Gasteiger partial charge in [0.2, 0.25) is 0 Å². The zero-order valence-electron chi connectivity index (χ0n) is 11.4. The van der Waals surface area contributed by atoms with Crippen molar-refractivity contribution in [2.24, 2.45) is 7.05 Å². The molecule has 0 amide bonds. The van der Waals surface area contributed by atoms with Crippen LogP contribution >= 0.6 is 0 Å². The number of imidazole rings is 1. The molecule has 2 heterocycles. The Labute approximate surface area is 120 Å². The van der Waals surface area contributed by atoms with Crippen LogP contribution in [0.1, 0.15) is 5.82 Å². The Balaban J connectivity index is 2.00. The summed E-state index contributed by atoms with van der Waals surface area (Å²) in [6.45, 7) is 0.413. The summed E-state index contributed by atoms with van der Waals surface area (Å²) in [6, 6.07) is 6.84. The van der Waals surface area contributed by atoms with E-state index in [4.69, 9.17) is 0 Å². The van der Waals surface area contributed by atoms with Crippen molar-refractivity contribution >= 4 is 22.3 Å². The lowest BCUT2D eigenvalue weighted by molar-refractivity contribution is -0.382. The lowest BCUT2D eigenvalue weighted by Crippen LogP contribution is -2.07. The van der Waals surface area contributed by atoms with Crippen molar-refractivity contribution in [3.8, 4) is 0 Å². The maximum Gasteiger partial charge on any atom is 0.301 e.